The third-order valence-corrected chi connectivity index (χ3v) is 20.6. The molecule has 0 aliphatic heterocycles. The summed E-state index contributed by atoms with van der Waals surface area (Å²) in [6.07, 6.45) is 0. The zero-order valence-corrected chi connectivity index (χ0v) is 22.6. The Bertz CT molecular complexity index is 747. The number of benzene rings is 2. The molecule has 1 atom stereocenters. The lowest BCUT2D eigenvalue weighted by atomic mass is 10.4. The van der Waals surface area contributed by atoms with Crippen LogP contribution in [0.2, 0.25) is 32.7 Å². The van der Waals surface area contributed by atoms with Crippen molar-refractivity contribution in [3.63, 3.8) is 0 Å². The van der Waals surface area contributed by atoms with E-state index in [0.717, 1.165) is 10.4 Å². The van der Waals surface area contributed by atoms with Crippen LogP contribution in [-0.4, -0.2) is 32.4 Å². The highest BCUT2D eigenvalue weighted by Crippen LogP contribution is 2.26. The van der Waals surface area contributed by atoms with E-state index in [-0.39, 0.29) is 0 Å². The fourth-order valence-corrected chi connectivity index (χ4v) is 22.4. The minimum absolute atomic E-state index is 0.995. The number of hydrogen-bond donors (Lipinski definition) is 0. The van der Waals surface area contributed by atoms with E-state index in [4.69, 9.17) is 34.5 Å². The van der Waals surface area contributed by atoms with E-state index in [1.54, 1.807) is 5.70 Å². The van der Waals surface area contributed by atoms with Crippen LogP contribution in [0.15, 0.2) is 72.9 Å². The van der Waals surface area contributed by atoms with E-state index in [1.165, 1.54) is 0 Å². The first-order valence-corrected chi connectivity index (χ1v) is 21.2. The summed E-state index contributed by atoms with van der Waals surface area (Å²) in [5, 5.41) is 1.99. The van der Waals surface area contributed by atoms with Crippen LogP contribution < -0.4 is 10.4 Å². The average molecular weight is 488 g/mol. The Kier molecular flexibility index (Phi) is 7.74. The maximum atomic E-state index is 7.28. The highest BCUT2D eigenvalue weighted by atomic mass is 35.6. The van der Waals surface area contributed by atoms with Crippen molar-refractivity contribution in [2.24, 2.45) is 0 Å². The highest BCUT2D eigenvalue weighted by molar-refractivity contribution is 7.32. The molecule has 9 heteroatoms. The van der Waals surface area contributed by atoms with Crippen molar-refractivity contribution in [1.82, 2.24) is 0 Å². The van der Waals surface area contributed by atoms with Gasteiger partial charge in [-0.15, -0.1) is 28.7 Å². The molecule has 0 saturated carbocycles. The topological polar surface area (TPSA) is 27.7 Å². The Balaban J connectivity index is 2.34. The standard InChI is InChI=1S/C19H28Cl2O3Si4/c1-7-27(6,20)23-25(2,3)22-26(4,5)24-28(21,18-14-10-8-11-15-18)19-16-12-9-13-17-19/h7-17H,1H2,2-6H3. The van der Waals surface area contributed by atoms with Gasteiger partial charge in [-0.2, -0.15) is 0 Å². The smallest absolute Gasteiger partial charge is 0.346 e. The van der Waals surface area contributed by atoms with Gasteiger partial charge in [0.15, 0.2) is 0 Å². The van der Waals surface area contributed by atoms with Crippen LogP contribution in [0, 0.1) is 0 Å². The fourth-order valence-electron chi connectivity index (χ4n) is 3.08. The summed E-state index contributed by atoms with van der Waals surface area (Å²) in [6.45, 7) is 13.7. The van der Waals surface area contributed by atoms with Gasteiger partial charge < -0.3 is 12.3 Å². The summed E-state index contributed by atoms with van der Waals surface area (Å²) in [6, 6.07) is 20.0. The van der Waals surface area contributed by atoms with Crippen molar-refractivity contribution in [2.75, 3.05) is 0 Å². The summed E-state index contributed by atoms with van der Waals surface area (Å²) in [5.74, 6) is 0. The third-order valence-electron chi connectivity index (χ3n) is 3.98. The minimum Gasteiger partial charge on any atom is -0.422 e. The molecule has 1 unspecified atom stereocenters. The molecule has 0 heterocycles. The monoisotopic (exact) mass is 486 g/mol. The Hall–Kier alpha value is -0.492. The maximum Gasteiger partial charge on any atom is 0.346 e. The van der Waals surface area contributed by atoms with Crippen LogP contribution in [0.3, 0.4) is 0 Å². The zero-order chi connectivity index (χ0) is 21.1. The van der Waals surface area contributed by atoms with Gasteiger partial charge in [-0.25, -0.2) is 0 Å². The zero-order valence-electron chi connectivity index (χ0n) is 17.0. The molecule has 0 aliphatic carbocycles. The number of halogens is 2. The highest BCUT2D eigenvalue weighted by Gasteiger charge is 2.48. The fraction of sp³-hybridized carbons (Fsp3) is 0.263. The SMILES string of the molecule is C=C[Si](C)(Cl)O[Si](C)(C)O[Si](C)(C)O[Si](Cl)(c1ccccc1)c1ccccc1. The van der Waals surface area contributed by atoms with Crippen LogP contribution in [0.5, 0.6) is 0 Å². The van der Waals surface area contributed by atoms with Gasteiger partial charge in [0.1, 0.15) is 0 Å². The largest absolute Gasteiger partial charge is 0.422 e. The van der Waals surface area contributed by atoms with E-state index < -0.39 is 32.4 Å². The lowest BCUT2D eigenvalue weighted by Crippen LogP contribution is -2.64. The van der Waals surface area contributed by atoms with Crippen molar-refractivity contribution in [1.29, 1.82) is 0 Å². The van der Waals surface area contributed by atoms with Crippen molar-refractivity contribution in [2.45, 2.75) is 32.7 Å². The van der Waals surface area contributed by atoms with Crippen LogP contribution in [0.25, 0.3) is 0 Å². The molecule has 152 valence electrons. The molecule has 28 heavy (non-hydrogen) atoms. The summed E-state index contributed by atoms with van der Waals surface area (Å²) >= 11 is 13.7. The van der Waals surface area contributed by atoms with Gasteiger partial charge in [0.05, 0.1) is 0 Å². The Labute approximate surface area is 182 Å². The lowest BCUT2D eigenvalue weighted by Gasteiger charge is -2.40. The summed E-state index contributed by atoms with van der Waals surface area (Å²) < 4.78 is 19.4. The second-order valence-corrected chi connectivity index (χ2v) is 24.2. The molecule has 2 aromatic carbocycles. The molecule has 3 nitrogen and oxygen atoms in total. The molecule has 2 aromatic rings. The molecule has 0 spiro atoms. The summed E-state index contributed by atoms with van der Waals surface area (Å²) in [7, 11) is -10.6. The van der Waals surface area contributed by atoms with Gasteiger partial charge in [-0.1, -0.05) is 66.4 Å². The van der Waals surface area contributed by atoms with Gasteiger partial charge in [-0.3, -0.25) is 0 Å². The molecule has 0 aromatic heterocycles. The molecule has 2 rings (SSSR count). The summed E-state index contributed by atoms with van der Waals surface area (Å²) in [5.41, 5.74) is 1.70. The van der Waals surface area contributed by atoms with Crippen LogP contribution in [0.4, 0.5) is 0 Å². The molecular formula is C19H28Cl2O3Si4. The van der Waals surface area contributed by atoms with Crippen molar-refractivity contribution in [3.05, 3.63) is 72.9 Å². The van der Waals surface area contributed by atoms with Crippen molar-refractivity contribution < 1.29 is 12.3 Å². The van der Waals surface area contributed by atoms with Gasteiger partial charge in [0.25, 0.3) is 0 Å². The molecule has 0 bridgehead atoms. The third kappa shape index (κ3) is 6.51. The first-order chi connectivity index (χ1) is 12.9. The molecular weight excluding hydrogens is 459 g/mol. The van der Waals surface area contributed by atoms with Crippen molar-refractivity contribution >= 4 is 64.9 Å². The molecule has 0 amide bonds. The van der Waals surface area contributed by atoms with E-state index in [9.17, 15) is 0 Å². The Morgan fingerprint density at radius 1 is 0.679 bits per heavy atom. The van der Waals surface area contributed by atoms with E-state index >= 15 is 0 Å². The van der Waals surface area contributed by atoms with Crippen LogP contribution in [-0.2, 0) is 12.3 Å². The predicted molar refractivity (Wildman–Crippen MR) is 130 cm³/mol. The molecule has 0 aliphatic rings. The number of hydrogen-bond acceptors (Lipinski definition) is 3. The molecule has 0 radical (unpaired) electrons. The second kappa shape index (κ2) is 9.11. The van der Waals surface area contributed by atoms with Gasteiger partial charge in [-0.05, 0) is 43.1 Å². The second-order valence-electron chi connectivity index (χ2n) is 7.62. The lowest BCUT2D eigenvalue weighted by molar-refractivity contribution is 0.339. The van der Waals surface area contributed by atoms with Gasteiger partial charge in [0.2, 0.25) is 0 Å². The first kappa shape index (κ1) is 23.8. The Morgan fingerprint density at radius 3 is 1.46 bits per heavy atom. The van der Waals surface area contributed by atoms with Crippen LogP contribution in [0.1, 0.15) is 0 Å². The van der Waals surface area contributed by atoms with Gasteiger partial charge >= 0.3 is 32.4 Å². The number of rotatable bonds is 9. The van der Waals surface area contributed by atoms with E-state index in [1.807, 2.05) is 93.4 Å². The normalized spacial score (nSPS) is 15.1. The van der Waals surface area contributed by atoms with Crippen molar-refractivity contribution in [3.8, 4) is 0 Å². The minimum atomic E-state index is -2.97. The van der Waals surface area contributed by atoms with E-state index in [0.29, 0.717) is 0 Å². The van der Waals surface area contributed by atoms with Gasteiger partial charge in [0, 0.05) is 0 Å². The van der Waals surface area contributed by atoms with Crippen LogP contribution >= 0.6 is 22.2 Å². The quantitative estimate of drug-likeness (QED) is 0.369. The first-order valence-electron chi connectivity index (χ1n) is 9.12. The molecule has 0 N–H and O–H groups in total. The Morgan fingerprint density at radius 2 is 1.07 bits per heavy atom. The maximum absolute atomic E-state index is 7.28. The van der Waals surface area contributed by atoms with E-state index in [2.05, 4.69) is 6.58 Å². The molecule has 0 saturated heterocycles. The summed E-state index contributed by atoms with van der Waals surface area (Å²) in [4.78, 5) is 0. The average Bonchev–Trinajstić information content (AvgIpc) is 2.60. The molecule has 0 fully saturated rings. The predicted octanol–water partition coefficient (Wildman–Crippen LogP) is 4.97.